The highest BCUT2D eigenvalue weighted by Crippen LogP contribution is 2.53. The van der Waals surface area contributed by atoms with Gasteiger partial charge >= 0.3 is 0 Å². The molecular formula is C18H25NO. The van der Waals surface area contributed by atoms with Gasteiger partial charge in [-0.3, -0.25) is 4.79 Å². The van der Waals surface area contributed by atoms with Crippen molar-refractivity contribution in [2.75, 3.05) is 5.32 Å². The molecule has 0 radical (unpaired) electrons. The van der Waals surface area contributed by atoms with E-state index in [9.17, 15) is 4.79 Å². The zero-order valence-electron chi connectivity index (χ0n) is 12.3. The van der Waals surface area contributed by atoms with Crippen LogP contribution in [0.5, 0.6) is 0 Å². The molecule has 0 aliphatic heterocycles. The van der Waals surface area contributed by atoms with E-state index in [0.717, 1.165) is 5.69 Å². The van der Waals surface area contributed by atoms with Crippen molar-refractivity contribution in [3.8, 4) is 0 Å². The lowest BCUT2D eigenvalue weighted by Gasteiger charge is -2.49. The zero-order valence-corrected chi connectivity index (χ0v) is 12.3. The van der Waals surface area contributed by atoms with Crippen LogP contribution < -0.4 is 5.32 Å². The zero-order chi connectivity index (χ0) is 13.9. The molecule has 1 N–H and O–H groups in total. The van der Waals surface area contributed by atoms with Crippen molar-refractivity contribution < 1.29 is 4.79 Å². The second kappa shape index (κ2) is 5.99. The molecular weight excluding hydrogens is 246 g/mol. The van der Waals surface area contributed by atoms with Crippen LogP contribution in [0.3, 0.4) is 0 Å². The average Bonchev–Trinajstić information content (AvgIpc) is 2.38. The summed E-state index contributed by atoms with van der Waals surface area (Å²) in [5.41, 5.74) is 0.843. The number of carbonyl (C=O) groups is 1. The summed E-state index contributed by atoms with van der Waals surface area (Å²) in [7, 11) is 0. The van der Waals surface area contributed by atoms with Crippen LogP contribution in [0.2, 0.25) is 0 Å². The number of carbonyl (C=O) groups excluding carboxylic acids is 1. The van der Waals surface area contributed by atoms with Gasteiger partial charge in [0.2, 0.25) is 5.91 Å². The van der Waals surface area contributed by atoms with Gasteiger partial charge in [0.05, 0.1) is 0 Å². The average molecular weight is 271 g/mol. The summed E-state index contributed by atoms with van der Waals surface area (Å²) in [6, 6.07) is 9.37. The molecule has 0 aromatic heterocycles. The molecule has 4 aliphatic rings. The van der Waals surface area contributed by atoms with Crippen molar-refractivity contribution >= 4 is 11.6 Å². The lowest BCUT2D eigenvalue weighted by atomic mass is 9.56. The Morgan fingerprint density at radius 2 is 1.25 bits per heavy atom. The first-order chi connectivity index (χ1) is 9.69. The fourth-order valence-electron chi connectivity index (χ4n) is 4.71. The number of benzene rings is 1. The van der Waals surface area contributed by atoms with E-state index in [1.165, 1.54) is 30.6 Å². The molecule has 1 aromatic rings. The van der Waals surface area contributed by atoms with Crippen LogP contribution in [-0.2, 0) is 4.79 Å². The van der Waals surface area contributed by atoms with Crippen molar-refractivity contribution in [2.45, 2.75) is 45.4 Å². The fraction of sp³-hybridized carbons (Fsp3) is 0.611. The Kier molecular flexibility index (Phi) is 4.09. The quantitative estimate of drug-likeness (QED) is 0.801. The Hall–Kier alpha value is -1.31. The first kappa shape index (κ1) is 13.7. The first-order valence-corrected chi connectivity index (χ1v) is 8.01. The number of rotatable bonds is 1. The highest BCUT2D eigenvalue weighted by molar-refractivity contribution is 5.88. The highest BCUT2D eigenvalue weighted by Gasteiger charge is 2.41. The summed E-state index contributed by atoms with van der Waals surface area (Å²) in [5.74, 6) is 4.67. The Morgan fingerprint density at radius 3 is 1.60 bits per heavy atom. The van der Waals surface area contributed by atoms with Crippen molar-refractivity contribution in [3.63, 3.8) is 0 Å². The Morgan fingerprint density at radius 1 is 0.850 bits per heavy atom. The van der Waals surface area contributed by atoms with Gasteiger partial charge in [-0.15, -0.1) is 0 Å². The van der Waals surface area contributed by atoms with Gasteiger partial charge in [0.15, 0.2) is 0 Å². The third-order valence-electron chi connectivity index (χ3n) is 5.09. The van der Waals surface area contributed by atoms with E-state index in [1.807, 2.05) is 30.3 Å². The predicted octanol–water partition coefficient (Wildman–Crippen LogP) is 4.48. The second-order valence-corrected chi connectivity index (χ2v) is 6.93. The molecule has 0 heterocycles. The minimum absolute atomic E-state index is 0.0359. The van der Waals surface area contributed by atoms with Crippen LogP contribution in [-0.4, -0.2) is 5.91 Å². The normalized spacial score (nSPS) is 33.2. The van der Waals surface area contributed by atoms with E-state index in [2.05, 4.69) is 5.32 Å². The summed E-state index contributed by atoms with van der Waals surface area (Å²) in [6.45, 7) is 1.49. The molecule has 0 spiro atoms. The maximum absolute atomic E-state index is 10.5. The lowest BCUT2D eigenvalue weighted by Crippen LogP contribution is -2.38. The van der Waals surface area contributed by atoms with E-state index >= 15 is 0 Å². The monoisotopic (exact) mass is 271 g/mol. The molecule has 1 amide bonds. The van der Waals surface area contributed by atoms with Crippen LogP contribution in [0.15, 0.2) is 30.3 Å². The first-order valence-electron chi connectivity index (χ1n) is 8.01. The Balaban J connectivity index is 0.000000121. The Bertz CT molecular complexity index is 397. The minimum Gasteiger partial charge on any atom is -0.326 e. The standard InChI is InChI=1S/C10H16.C8H9NO/c1-7-2-9-4-8(1)5-10(3-7)6-9;1-7(10)9-8-5-3-2-4-6-8/h7-10H,1-6H2;2-6H,1H3,(H,9,10). The van der Waals surface area contributed by atoms with Crippen molar-refractivity contribution in [1.29, 1.82) is 0 Å². The lowest BCUT2D eigenvalue weighted by molar-refractivity contribution is -0.114. The molecule has 4 aliphatic carbocycles. The second-order valence-electron chi connectivity index (χ2n) is 6.93. The molecule has 2 nitrogen and oxygen atoms in total. The van der Waals surface area contributed by atoms with Gasteiger partial charge in [-0.1, -0.05) is 18.2 Å². The van der Waals surface area contributed by atoms with Gasteiger partial charge in [0.25, 0.3) is 0 Å². The van der Waals surface area contributed by atoms with Crippen LogP contribution in [0.25, 0.3) is 0 Å². The third-order valence-corrected chi connectivity index (χ3v) is 5.09. The Labute approximate surface area is 122 Å². The predicted molar refractivity (Wildman–Crippen MR) is 82.4 cm³/mol. The van der Waals surface area contributed by atoms with Crippen LogP contribution in [0.1, 0.15) is 45.4 Å². The van der Waals surface area contributed by atoms with Gasteiger partial charge in [-0.2, -0.15) is 0 Å². The van der Waals surface area contributed by atoms with E-state index in [4.69, 9.17) is 0 Å². The number of nitrogens with one attached hydrogen (secondary N) is 1. The summed E-state index contributed by atoms with van der Waals surface area (Å²) in [4.78, 5) is 10.5. The van der Waals surface area contributed by atoms with Crippen molar-refractivity contribution in [3.05, 3.63) is 30.3 Å². The molecule has 1 aromatic carbocycles. The van der Waals surface area contributed by atoms with E-state index in [1.54, 1.807) is 38.5 Å². The number of para-hydroxylation sites is 1. The van der Waals surface area contributed by atoms with E-state index < -0.39 is 0 Å². The van der Waals surface area contributed by atoms with Crippen LogP contribution >= 0.6 is 0 Å². The van der Waals surface area contributed by atoms with Crippen LogP contribution in [0.4, 0.5) is 5.69 Å². The molecule has 4 fully saturated rings. The summed E-state index contributed by atoms with van der Waals surface area (Å²) in [5, 5.41) is 2.67. The number of hydrogen-bond donors (Lipinski definition) is 1. The molecule has 0 unspecified atom stereocenters. The summed E-state index contributed by atoms with van der Waals surface area (Å²) in [6.07, 6.45) is 9.62. The number of anilines is 1. The van der Waals surface area contributed by atoms with Gasteiger partial charge in [0.1, 0.15) is 0 Å². The highest BCUT2D eigenvalue weighted by atomic mass is 16.1. The molecule has 0 saturated heterocycles. The summed E-state index contributed by atoms with van der Waals surface area (Å²) >= 11 is 0. The summed E-state index contributed by atoms with van der Waals surface area (Å²) < 4.78 is 0. The smallest absolute Gasteiger partial charge is 0.221 e. The molecule has 4 bridgehead atoms. The van der Waals surface area contributed by atoms with Gasteiger partial charge < -0.3 is 5.32 Å². The van der Waals surface area contributed by atoms with Gasteiger partial charge in [-0.25, -0.2) is 0 Å². The maximum atomic E-state index is 10.5. The van der Waals surface area contributed by atoms with Crippen LogP contribution in [0, 0.1) is 23.7 Å². The van der Waals surface area contributed by atoms with E-state index in [0.29, 0.717) is 0 Å². The fourth-order valence-corrected chi connectivity index (χ4v) is 4.71. The minimum atomic E-state index is -0.0359. The molecule has 4 saturated carbocycles. The number of hydrogen-bond acceptors (Lipinski definition) is 1. The van der Waals surface area contributed by atoms with Gasteiger partial charge in [-0.05, 0) is 74.3 Å². The number of amides is 1. The molecule has 108 valence electrons. The van der Waals surface area contributed by atoms with Gasteiger partial charge in [0, 0.05) is 12.6 Å². The maximum Gasteiger partial charge on any atom is 0.221 e. The van der Waals surface area contributed by atoms with E-state index in [-0.39, 0.29) is 5.91 Å². The topological polar surface area (TPSA) is 29.1 Å². The molecule has 20 heavy (non-hydrogen) atoms. The van der Waals surface area contributed by atoms with Crippen molar-refractivity contribution in [1.82, 2.24) is 0 Å². The third kappa shape index (κ3) is 3.41. The largest absolute Gasteiger partial charge is 0.326 e. The molecule has 5 rings (SSSR count). The molecule has 2 heteroatoms. The SMILES string of the molecule is C1C2CC3CC1CC(C2)C3.CC(=O)Nc1ccccc1. The van der Waals surface area contributed by atoms with Crippen molar-refractivity contribution in [2.24, 2.45) is 23.7 Å². The molecule has 0 atom stereocenters.